The zero-order valence-corrected chi connectivity index (χ0v) is 13.1. The van der Waals surface area contributed by atoms with E-state index in [4.69, 9.17) is 4.74 Å². The number of ether oxygens (including phenoxy) is 1. The van der Waals surface area contributed by atoms with Gasteiger partial charge in [0, 0.05) is 35.7 Å². The van der Waals surface area contributed by atoms with Crippen molar-refractivity contribution in [3.63, 3.8) is 0 Å². The zero-order valence-electron chi connectivity index (χ0n) is 13.1. The molecule has 3 heteroatoms. The second kappa shape index (κ2) is 6.31. The van der Waals surface area contributed by atoms with Crippen LogP contribution >= 0.6 is 0 Å². The molecule has 0 bridgehead atoms. The van der Waals surface area contributed by atoms with Crippen molar-refractivity contribution in [3.8, 4) is 5.75 Å². The predicted octanol–water partition coefficient (Wildman–Crippen LogP) is 3.82. The average molecular weight is 274 g/mol. The fourth-order valence-electron chi connectivity index (χ4n) is 2.23. The Kier molecular flexibility index (Phi) is 4.71. The zero-order chi connectivity index (χ0) is 14.6. The third kappa shape index (κ3) is 4.01. The van der Waals surface area contributed by atoms with Crippen LogP contribution in [0.25, 0.3) is 10.9 Å². The highest BCUT2D eigenvalue weighted by Gasteiger charge is 2.08. The minimum Gasteiger partial charge on any atom is -0.494 e. The SMILES string of the molecule is CCCOc1ccc2c(ccn2CCNC(C)(C)C)c1. The number of hydrogen-bond donors (Lipinski definition) is 1. The topological polar surface area (TPSA) is 26.2 Å². The molecule has 0 aliphatic heterocycles. The quantitative estimate of drug-likeness (QED) is 0.866. The van der Waals surface area contributed by atoms with Crippen molar-refractivity contribution in [2.75, 3.05) is 13.2 Å². The number of nitrogens with zero attached hydrogens (tertiary/aromatic N) is 1. The molecule has 0 unspecified atom stereocenters. The Hall–Kier alpha value is -1.48. The van der Waals surface area contributed by atoms with Crippen LogP contribution in [0.5, 0.6) is 5.75 Å². The van der Waals surface area contributed by atoms with E-state index in [-0.39, 0.29) is 5.54 Å². The molecule has 0 radical (unpaired) electrons. The molecule has 1 heterocycles. The van der Waals surface area contributed by atoms with E-state index in [0.717, 1.165) is 31.9 Å². The van der Waals surface area contributed by atoms with Gasteiger partial charge in [0.2, 0.25) is 0 Å². The van der Waals surface area contributed by atoms with Crippen LogP contribution in [0.3, 0.4) is 0 Å². The standard InChI is InChI=1S/C17H26N2O/c1-5-12-20-15-6-7-16-14(13-15)8-10-19(16)11-9-18-17(2,3)4/h6-8,10,13,18H,5,9,11-12H2,1-4H3. The van der Waals surface area contributed by atoms with Crippen LogP contribution < -0.4 is 10.1 Å². The van der Waals surface area contributed by atoms with Crippen LogP contribution in [-0.2, 0) is 6.54 Å². The summed E-state index contributed by atoms with van der Waals surface area (Å²) in [7, 11) is 0. The molecule has 0 fully saturated rings. The first-order valence-electron chi connectivity index (χ1n) is 7.46. The minimum atomic E-state index is 0.171. The summed E-state index contributed by atoms with van der Waals surface area (Å²) in [5, 5.41) is 4.76. The van der Waals surface area contributed by atoms with Crippen LogP contribution in [0.1, 0.15) is 34.1 Å². The van der Waals surface area contributed by atoms with Crippen molar-refractivity contribution in [1.82, 2.24) is 9.88 Å². The Morgan fingerprint density at radius 3 is 2.70 bits per heavy atom. The van der Waals surface area contributed by atoms with Crippen molar-refractivity contribution >= 4 is 10.9 Å². The summed E-state index contributed by atoms with van der Waals surface area (Å²) >= 11 is 0. The molecular formula is C17H26N2O. The molecule has 0 aliphatic carbocycles. The summed E-state index contributed by atoms with van der Waals surface area (Å²) in [5.41, 5.74) is 1.44. The van der Waals surface area contributed by atoms with Gasteiger partial charge in [0.15, 0.2) is 0 Å². The Morgan fingerprint density at radius 1 is 1.20 bits per heavy atom. The highest BCUT2D eigenvalue weighted by Crippen LogP contribution is 2.22. The molecule has 0 amide bonds. The molecule has 110 valence electrons. The molecule has 0 atom stereocenters. The van der Waals surface area contributed by atoms with Crippen molar-refractivity contribution in [3.05, 3.63) is 30.5 Å². The molecule has 0 saturated heterocycles. The monoisotopic (exact) mass is 274 g/mol. The molecule has 1 aromatic carbocycles. The average Bonchev–Trinajstić information content (AvgIpc) is 2.77. The van der Waals surface area contributed by atoms with E-state index < -0.39 is 0 Å². The Labute approximate surface area is 121 Å². The first kappa shape index (κ1) is 14.9. The summed E-state index contributed by atoms with van der Waals surface area (Å²) in [6.07, 6.45) is 3.19. The second-order valence-electron chi connectivity index (χ2n) is 6.25. The van der Waals surface area contributed by atoms with E-state index >= 15 is 0 Å². The largest absolute Gasteiger partial charge is 0.494 e. The lowest BCUT2D eigenvalue weighted by Gasteiger charge is -2.20. The van der Waals surface area contributed by atoms with E-state index in [1.807, 2.05) is 0 Å². The molecule has 0 saturated carbocycles. The van der Waals surface area contributed by atoms with Gasteiger partial charge in [-0.3, -0.25) is 0 Å². The fraction of sp³-hybridized carbons (Fsp3) is 0.529. The van der Waals surface area contributed by atoms with Crippen molar-refractivity contribution in [2.45, 2.75) is 46.2 Å². The van der Waals surface area contributed by atoms with E-state index in [1.54, 1.807) is 0 Å². The van der Waals surface area contributed by atoms with Gasteiger partial charge in [-0.1, -0.05) is 6.92 Å². The smallest absolute Gasteiger partial charge is 0.120 e. The van der Waals surface area contributed by atoms with E-state index in [0.29, 0.717) is 0 Å². The van der Waals surface area contributed by atoms with Gasteiger partial charge in [-0.2, -0.15) is 0 Å². The lowest BCUT2D eigenvalue weighted by Crippen LogP contribution is -2.37. The second-order valence-corrected chi connectivity index (χ2v) is 6.25. The van der Waals surface area contributed by atoms with Crippen molar-refractivity contribution in [2.24, 2.45) is 0 Å². The summed E-state index contributed by atoms with van der Waals surface area (Å²) in [5.74, 6) is 0.963. The number of rotatable bonds is 6. The molecule has 0 aliphatic rings. The molecule has 20 heavy (non-hydrogen) atoms. The van der Waals surface area contributed by atoms with Crippen LogP contribution in [0.2, 0.25) is 0 Å². The van der Waals surface area contributed by atoms with Crippen LogP contribution in [0, 0.1) is 0 Å². The summed E-state index contributed by atoms with van der Waals surface area (Å²) in [6, 6.07) is 8.49. The van der Waals surface area contributed by atoms with Gasteiger partial charge in [-0.25, -0.2) is 0 Å². The molecule has 2 aromatic rings. The van der Waals surface area contributed by atoms with Crippen LogP contribution in [0.15, 0.2) is 30.5 Å². The van der Waals surface area contributed by atoms with Crippen molar-refractivity contribution < 1.29 is 4.74 Å². The van der Waals surface area contributed by atoms with Gasteiger partial charge in [0.05, 0.1) is 6.61 Å². The first-order valence-corrected chi connectivity index (χ1v) is 7.46. The van der Waals surface area contributed by atoms with Crippen LogP contribution in [0.4, 0.5) is 0 Å². The van der Waals surface area contributed by atoms with Gasteiger partial charge < -0.3 is 14.6 Å². The summed E-state index contributed by atoms with van der Waals surface area (Å²) in [6.45, 7) is 11.4. The number of fused-ring (bicyclic) bond motifs is 1. The third-order valence-corrected chi connectivity index (χ3v) is 3.22. The third-order valence-electron chi connectivity index (χ3n) is 3.22. The lowest BCUT2D eigenvalue weighted by molar-refractivity contribution is 0.318. The maximum atomic E-state index is 5.68. The van der Waals surface area contributed by atoms with Gasteiger partial charge in [-0.05, 0) is 51.5 Å². The maximum absolute atomic E-state index is 5.68. The highest BCUT2D eigenvalue weighted by atomic mass is 16.5. The molecule has 1 N–H and O–H groups in total. The number of hydrogen-bond acceptors (Lipinski definition) is 2. The van der Waals surface area contributed by atoms with E-state index in [2.05, 4.69) is 68.0 Å². The molecular weight excluding hydrogens is 248 g/mol. The fourth-order valence-corrected chi connectivity index (χ4v) is 2.23. The van der Waals surface area contributed by atoms with E-state index in [1.165, 1.54) is 10.9 Å². The Balaban J connectivity index is 2.04. The maximum Gasteiger partial charge on any atom is 0.120 e. The molecule has 0 spiro atoms. The van der Waals surface area contributed by atoms with Gasteiger partial charge in [0.1, 0.15) is 5.75 Å². The van der Waals surface area contributed by atoms with Gasteiger partial charge in [0.25, 0.3) is 0 Å². The number of aromatic nitrogens is 1. The molecule has 1 aromatic heterocycles. The summed E-state index contributed by atoms with van der Waals surface area (Å²) in [4.78, 5) is 0. The Bertz CT molecular complexity index is 552. The Morgan fingerprint density at radius 2 is 2.00 bits per heavy atom. The van der Waals surface area contributed by atoms with Crippen molar-refractivity contribution in [1.29, 1.82) is 0 Å². The minimum absolute atomic E-state index is 0.171. The van der Waals surface area contributed by atoms with Gasteiger partial charge in [-0.15, -0.1) is 0 Å². The lowest BCUT2D eigenvalue weighted by atomic mass is 10.1. The first-order chi connectivity index (χ1) is 9.49. The van der Waals surface area contributed by atoms with Gasteiger partial charge >= 0.3 is 0 Å². The molecule has 3 nitrogen and oxygen atoms in total. The highest BCUT2D eigenvalue weighted by molar-refractivity contribution is 5.81. The number of nitrogens with one attached hydrogen (secondary N) is 1. The molecule has 2 rings (SSSR count). The summed E-state index contributed by atoms with van der Waals surface area (Å²) < 4.78 is 7.97. The number of benzene rings is 1. The normalized spacial score (nSPS) is 12.0. The van der Waals surface area contributed by atoms with Crippen LogP contribution in [-0.4, -0.2) is 23.3 Å². The predicted molar refractivity (Wildman–Crippen MR) is 85.5 cm³/mol. The van der Waals surface area contributed by atoms with E-state index in [9.17, 15) is 0 Å².